The first-order valence-corrected chi connectivity index (χ1v) is 12.9. The number of anilines is 1. The van der Waals surface area contributed by atoms with Crippen molar-refractivity contribution < 1.29 is 19.0 Å². The number of rotatable bonds is 5. The lowest BCUT2D eigenvalue weighted by Gasteiger charge is -2.39. The number of benzene rings is 1. The average Bonchev–Trinajstić information content (AvgIpc) is 3.37. The lowest BCUT2D eigenvalue weighted by atomic mass is 9.88. The lowest BCUT2D eigenvalue weighted by Crippen LogP contribution is -2.53. The Balaban J connectivity index is 0.00000200. The predicted octanol–water partition coefficient (Wildman–Crippen LogP) is 3.97. The fourth-order valence-corrected chi connectivity index (χ4v) is 6.11. The number of nitrogens with one attached hydrogen (secondary N) is 1. The first-order chi connectivity index (χ1) is 17.2. The summed E-state index contributed by atoms with van der Waals surface area (Å²) in [5.41, 5.74) is 2.05. The van der Waals surface area contributed by atoms with Crippen molar-refractivity contribution in [1.29, 1.82) is 0 Å². The van der Waals surface area contributed by atoms with Gasteiger partial charge in [-0.15, -0.1) is 24.8 Å². The normalized spacial score (nSPS) is 24.7. The standard InChI is InChI=1S/C27H36FN5O3.2ClH/c1-16-13-21(34)24-22(16)25(30-15-29-24)32-9-11-33(12-10-32)26(35)23(20-7-8-27(2,3)31-20)18-6-5-17(36-4)14-19(18)28;;/h5-6,14-16,20-21,23,31,34H,7-13H2,1-4H3;2*1H/t16-,20?,21-,23?;;/m1../s1. The van der Waals surface area contributed by atoms with E-state index in [1.54, 1.807) is 12.1 Å². The fraction of sp³-hybridized carbons (Fsp3) is 0.593. The number of nitrogens with zero attached hydrogens (tertiary/aromatic N) is 4. The van der Waals surface area contributed by atoms with Crippen molar-refractivity contribution in [3.8, 4) is 5.75 Å². The molecule has 11 heteroatoms. The maximum Gasteiger partial charge on any atom is 0.231 e. The van der Waals surface area contributed by atoms with E-state index in [0.717, 1.165) is 29.9 Å². The zero-order valence-corrected chi connectivity index (χ0v) is 23.9. The highest BCUT2D eigenvalue weighted by atomic mass is 35.5. The predicted molar refractivity (Wildman–Crippen MR) is 149 cm³/mol. The number of aliphatic hydroxyl groups excluding tert-OH is 1. The summed E-state index contributed by atoms with van der Waals surface area (Å²) in [7, 11) is 1.51. The van der Waals surface area contributed by atoms with E-state index in [0.29, 0.717) is 43.9 Å². The largest absolute Gasteiger partial charge is 0.497 e. The molecule has 0 spiro atoms. The monoisotopic (exact) mass is 569 g/mol. The molecule has 2 saturated heterocycles. The summed E-state index contributed by atoms with van der Waals surface area (Å²) in [5, 5.41) is 13.9. The Morgan fingerprint density at radius 3 is 2.53 bits per heavy atom. The van der Waals surface area contributed by atoms with E-state index in [1.807, 2.05) is 4.90 Å². The van der Waals surface area contributed by atoms with Crippen LogP contribution in [0.2, 0.25) is 0 Å². The van der Waals surface area contributed by atoms with Gasteiger partial charge < -0.3 is 25.0 Å². The Morgan fingerprint density at radius 1 is 1.21 bits per heavy atom. The third kappa shape index (κ3) is 5.71. The Hall–Kier alpha value is -2.20. The zero-order chi connectivity index (χ0) is 25.6. The van der Waals surface area contributed by atoms with Gasteiger partial charge in [0.2, 0.25) is 5.91 Å². The first-order valence-electron chi connectivity index (χ1n) is 12.9. The molecule has 38 heavy (non-hydrogen) atoms. The molecule has 8 nitrogen and oxygen atoms in total. The lowest BCUT2D eigenvalue weighted by molar-refractivity contribution is -0.133. The number of piperazine rings is 1. The summed E-state index contributed by atoms with van der Waals surface area (Å²) in [5.74, 6) is 0.404. The van der Waals surface area contributed by atoms with Crippen molar-refractivity contribution in [3.63, 3.8) is 0 Å². The van der Waals surface area contributed by atoms with Crippen molar-refractivity contribution in [2.45, 2.75) is 69.6 Å². The summed E-state index contributed by atoms with van der Waals surface area (Å²) < 4.78 is 20.4. The summed E-state index contributed by atoms with van der Waals surface area (Å²) in [6, 6.07) is 4.64. The topological polar surface area (TPSA) is 90.8 Å². The number of amides is 1. The average molecular weight is 571 g/mol. The molecule has 1 aliphatic carbocycles. The van der Waals surface area contributed by atoms with E-state index < -0.39 is 17.8 Å². The molecule has 2 fully saturated rings. The molecule has 0 radical (unpaired) electrons. The summed E-state index contributed by atoms with van der Waals surface area (Å²) in [6.07, 6.45) is 3.35. The number of aromatic nitrogens is 2. The van der Waals surface area contributed by atoms with Crippen LogP contribution in [0, 0.1) is 5.82 Å². The minimum absolute atomic E-state index is 0. The summed E-state index contributed by atoms with van der Waals surface area (Å²) in [4.78, 5) is 26.8. The van der Waals surface area contributed by atoms with Crippen LogP contribution in [0.4, 0.5) is 10.2 Å². The molecular formula is C27H38Cl2FN5O3. The molecule has 2 aliphatic heterocycles. The first kappa shape index (κ1) is 30.3. The summed E-state index contributed by atoms with van der Waals surface area (Å²) >= 11 is 0. The number of carbonyl (C=O) groups is 1. The molecule has 0 bridgehead atoms. The van der Waals surface area contributed by atoms with Crippen molar-refractivity contribution in [1.82, 2.24) is 20.2 Å². The highest BCUT2D eigenvalue weighted by molar-refractivity contribution is 5.86. The zero-order valence-electron chi connectivity index (χ0n) is 22.3. The third-order valence-corrected chi connectivity index (χ3v) is 8.04. The molecule has 2 aromatic rings. The Bertz CT molecular complexity index is 1150. The van der Waals surface area contributed by atoms with Gasteiger partial charge in [0.25, 0.3) is 0 Å². The molecule has 3 heterocycles. The summed E-state index contributed by atoms with van der Waals surface area (Å²) in [6.45, 7) is 8.63. The van der Waals surface area contributed by atoms with Gasteiger partial charge >= 0.3 is 0 Å². The number of aliphatic hydroxyl groups is 1. The van der Waals surface area contributed by atoms with E-state index in [4.69, 9.17) is 4.74 Å². The van der Waals surface area contributed by atoms with Crippen LogP contribution >= 0.6 is 24.8 Å². The Labute approximate surface area is 236 Å². The van der Waals surface area contributed by atoms with Gasteiger partial charge in [-0.3, -0.25) is 4.79 Å². The third-order valence-electron chi connectivity index (χ3n) is 8.04. The molecular weight excluding hydrogens is 532 g/mol. The quantitative estimate of drug-likeness (QED) is 0.563. The molecule has 210 valence electrons. The van der Waals surface area contributed by atoms with Crippen LogP contribution in [0.15, 0.2) is 24.5 Å². The highest BCUT2D eigenvalue weighted by Gasteiger charge is 2.42. The van der Waals surface area contributed by atoms with E-state index in [-0.39, 0.29) is 48.2 Å². The second kappa shape index (κ2) is 11.9. The second-order valence-corrected chi connectivity index (χ2v) is 11.0. The molecule has 2 N–H and O–H groups in total. The van der Waals surface area contributed by atoms with Crippen molar-refractivity contribution in [2.24, 2.45) is 0 Å². The molecule has 5 rings (SSSR count). The number of methoxy groups -OCH3 is 1. The number of carbonyl (C=O) groups excluding carboxylic acids is 1. The fourth-order valence-electron chi connectivity index (χ4n) is 6.11. The Morgan fingerprint density at radius 2 is 1.92 bits per heavy atom. The van der Waals surface area contributed by atoms with Gasteiger partial charge in [-0.1, -0.05) is 13.0 Å². The van der Waals surface area contributed by atoms with Gasteiger partial charge in [0.1, 0.15) is 23.7 Å². The minimum atomic E-state index is -0.609. The minimum Gasteiger partial charge on any atom is -0.497 e. The van der Waals surface area contributed by atoms with Gasteiger partial charge in [0.15, 0.2) is 0 Å². The molecule has 1 amide bonds. The van der Waals surface area contributed by atoms with Crippen LogP contribution < -0.4 is 15.0 Å². The number of hydrogen-bond donors (Lipinski definition) is 2. The van der Waals surface area contributed by atoms with Crippen molar-refractivity contribution >= 4 is 36.5 Å². The van der Waals surface area contributed by atoms with Crippen LogP contribution in [0.1, 0.15) is 74.8 Å². The van der Waals surface area contributed by atoms with Crippen LogP contribution in [-0.4, -0.2) is 70.8 Å². The molecule has 2 unspecified atom stereocenters. The van der Waals surface area contributed by atoms with Gasteiger partial charge in [-0.05, 0) is 45.1 Å². The van der Waals surface area contributed by atoms with Crippen LogP contribution in [0.3, 0.4) is 0 Å². The van der Waals surface area contributed by atoms with Crippen molar-refractivity contribution in [2.75, 3.05) is 38.2 Å². The molecule has 0 saturated carbocycles. The number of fused-ring (bicyclic) bond motifs is 1. The van der Waals surface area contributed by atoms with Gasteiger partial charge in [0, 0.05) is 55.0 Å². The van der Waals surface area contributed by atoms with Crippen LogP contribution in [0.25, 0.3) is 0 Å². The van der Waals surface area contributed by atoms with E-state index in [9.17, 15) is 9.90 Å². The van der Waals surface area contributed by atoms with Crippen LogP contribution in [0.5, 0.6) is 5.75 Å². The van der Waals surface area contributed by atoms with Gasteiger partial charge in [-0.25, -0.2) is 14.4 Å². The Kier molecular flexibility index (Phi) is 9.50. The molecule has 1 aromatic carbocycles. The van der Waals surface area contributed by atoms with E-state index in [1.165, 1.54) is 19.5 Å². The number of hydrogen-bond acceptors (Lipinski definition) is 7. The maximum absolute atomic E-state index is 15.2. The second-order valence-electron chi connectivity index (χ2n) is 11.0. The number of ether oxygens (including phenoxy) is 1. The molecule has 1 aromatic heterocycles. The van der Waals surface area contributed by atoms with Crippen molar-refractivity contribution in [3.05, 3.63) is 47.2 Å². The smallest absolute Gasteiger partial charge is 0.231 e. The van der Waals surface area contributed by atoms with Crippen LogP contribution in [-0.2, 0) is 4.79 Å². The van der Waals surface area contributed by atoms with E-state index in [2.05, 4.69) is 41.0 Å². The molecule has 3 aliphatic rings. The SMILES string of the molecule is COc1ccc(C(C(=O)N2CCN(c3ncnc4c3[C@H](C)C[C@H]4O)CC2)C2CCC(C)(C)N2)c(F)c1.Cl.Cl. The maximum atomic E-state index is 15.2. The number of halogens is 3. The van der Waals surface area contributed by atoms with Gasteiger partial charge in [-0.2, -0.15) is 0 Å². The highest BCUT2D eigenvalue weighted by Crippen LogP contribution is 2.43. The van der Waals surface area contributed by atoms with Gasteiger partial charge in [0.05, 0.1) is 24.8 Å². The molecule has 4 atom stereocenters. The van der Waals surface area contributed by atoms with E-state index >= 15 is 4.39 Å².